The van der Waals surface area contributed by atoms with Gasteiger partial charge in [0.1, 0.15) is 18.5 Å². The molecule has 3 aliphatic heterocycles. The average molecular weight is 500 g/mol. The van der Waals surface area contributed by atoms with Crippen LogP contribution in [-0.4, -0.2) is 64.9 Å². The van der Waals surface area contributed by atoms with Gasteiger partial charge in [-0.05, 0) is 36.6 Å². The summed E-state index contributed by atoms with van der Waals surface area (Å²) in [6, 6.07) is 4.34. The highest BCUT2D eigenvalue weighted by Crippen LogP contribution is 2.34. The summed E-state index contributed by atoms with van der Waals surface area (Å²) in [7, 11) is 0. The van der Waals surface area contributed by atoms with Crippen molar-refractivity contribution in [3.05, 3.63) is 41.1 Å². The lowest BCUT2D eigenvalue weighted by Gasteiger charge is -2.32. The van der Waals surface area contributed by atoms with Gasteiger partial charge in [-0.1, -0.05) is 0 Å². The minimum absolute atomic E-state index is 0.125. The first kappa shape index (κ1) is 23.8. The standard InChI is InChI=1S/C23H25F5N4O3/c24-22(25)4-7-31(8-5-22)6-3-17-12-32-20(35-17)11-18(30-32)21(33)29-16-10-14-9-15(23(26,27)28)1-2-19(14)34-13-16/h1-2,9,11,16-17H,3-8,10,12-13H2,(H,29,33)/t16-,17+/m1/s1. The van der Waals surface area contributed by atoms with Crippen LogP contribution in [0.4, 0.5) is 22.0 Å². The molecule has 1 aromatic heterocycles. The Morgan fingerprint density at radius 1 is 1.20 bits per heavy atom. The lowest BCUT2D eigenvalue weighted by atomic mass is 10.00. The van der Waals surface area contributed by atoms with Crippen LogP contribution in [0, 0.1) is 0 Å². The van der Waals surface area contributed by atoms with Crippen molar-refractivity contribution >= 4 is 5.91 Å². The maximum absolute atomic E-state index is 13.3. The number of ether oxygens (including phenoxy) is 2. The molecular formula is C23H25F5N4O3. The highest BCUT2D eigenvalue weighted by molar-refractivity contribution is 5.92. The molecule has 4 heterocycles. The first-order valence-corrected chi connectivity index (χ1v) is 11.5. The maximum Gasteiger partial charge on any atom is 0.416 e. The minimum Gasteiger partial charge on any atom is -0.491 e. The Hall–Kier alpha value is -2.89. The fraction of sp³-hybridized carbons (Fsp3) is 0.565. The molecule has 1 fully saturated rings. The summed E-state index contributed by atoms with van der Waals surface area (Å²) in [5.41, 5.74) is -0.235. The second-order valence-electron chi connectivity index (χ2n) is 9.28. The lowest BCUT2D eigenvalue weighted by molar-refractivity contribution is -0.137. The largest absolute Gasteiger partial charge is 0.491 e. The Labute approximate surface area is 198 Å². The van der Waals surface area contributed by atoms with E-state index in [1.54, 1.807) is 4.68 Å². The van der Waals surface area contributed by atoms with Gasteiger partial charge in [0.15, 0.2) is 5.69 Å². The quantitative estimate of drug-likeness (QED) is 0.637. The Balaban J connectivity index is 1.12. The monoisotopic (exact) mass is 500 g/mol. The van der Waals surface area contributed by atoms with Crippen molar-refractivity contribution in [3.8, 4) is 11.6 Å². The molecule has 0 bridgehead atoms. The molecule has 1 aromatic carbocycles. The number of nitrogens with zero attached hydrogens (tertiary/aromatic N) is 3. The number of halogens is 5. The SMILES string of the molecule is O=C(N[C@H]1COc2ccc(C(F)(F)F)cc2C1)c1cc2n(n1)C[C@H](CCN1CCC(F)(F)CC1)O2. The zero-order valence-electron chi connectivity index (χ0n) is 18.8. The Kier molecular flexibility index (Phi) is 6.10. The molecular weight excluding hydrogens is 475 g/mol. The van der Waals surface area contributed by atoms with Crippen LogP contribution in [0.15, 0.2) is 24.3 Å². The van der Waals surface area contributed by atoms with Gasteiger partial charge in [-0.2, -0.15) is 18.3 Å². The van der Waals surface area contributed by atoms with Crippen LogP contribution in [0.3, 0.4) is 0 Å². The van der Waals surface area contributed by atoms with Crippen LogP contribution in [-0.2, 0) is 19.1 Å². The number of carbonyl (C=O) groups excluding carboxylic acids is 1. The number of benzene rings is 1. The summed E-state index contributed by atoms with van der Waals surface area (Å²) in [4.78, 5) is 14.7. The number of rotatable bonds is 5. The van der Waals surface area contributed by atoms with Crippen molar-refractivity contribution in [2.45, 2.75) is 56.5 Å². The van der Waals surface area contributed by atoms with E-state index in [0.717, 1.165) is 12.1 Å². The molecule has 1 N–H and O–H groups in total. The number of piperidine rings is 1. The van der Waals surface area contributed by atoms with E-state index < -0.39 is 29.6 Å². The van der Waals surface area contributed by atoms with E-state index in [1.165, 1.54) is 12.1 Å². The molecule has 0 unspecified atom stereocenters. The molecule has 2 atom stereocenters. The zero-order chi connectivity index (χ0) is 24.8. The summed E-state index contributed by atoms with van der Waals surface area (Å²) in [6.07, 6.45) is -3.99. The molecule has 0 spiro atoms. The number of likely N-dealkylation sites (tertiary alicyclic amines) is 1. The predicted octanol–water partition coefficient (Wildman–Crippen LogP) is 3.52. The summed E-state index contributed by atoms with van der Waals surface area (Å²) in [5, 5.41) is 7.05. The van der Waals surface area contributed by atoms with Crippen LogP contribution in [0.1, 0.15) is 40.9 Å². The van der Waals surface area contributed by atoms with E-state index in [0.29, 0.717) is 49.8 Å². The topological polar surface area (TPSA) is 68.6 Å². The van der Waals surface area contributed by atoms with Crippen LogP contribution in [0.5, 0.6) is 11.6 Å². The number of alkyl halides is 5. The number of aromatic nitrogens is 2. The third kappa shape index (κ3) is 5.36. The van der Waals surface area contributed by atoms with E-state index in [-0.39, 0.29) is 37.7 Å². The van der Waals surface area contributed by atoms with Crippen molar-refractivity contribution < 1.29 is 36.2 Å². The molecule has 2 aromatic rings. The Bertz CT molecular complexity index is 1070. The Morgan fingerprint density at radius 2 is 1.97 bits per heavy atom. The number of nitrogens with one attached hydrogen (secondary N) is 1. The smallest absolute Gasteiger partial charge is 0.416 e. The van der Waals surface area contributed by atoms with Gasteiger partial charge < -0.3 is 19.7 Å². The van der Waals surface area contributed by atoms with Crippen molar-refractivity contribution in [1.82, 2.24) is 20.0 Å². The van der Waals surface area contributed by atoms with E-state index in [2.05, 4.69) is 10.4 Å². The number of hydrogen-bond acceptors (Lipinski definition) is 5. The van der Waals surface area contributed by atoms with Crippen LogP contribution in [0.25, 0.3) is 0 Å². The van der Waals surface area contributed by atoms with Crippen molar-refractivity contribution in [3.63, 3.8) is 0 Å². The highest BCUT2D eigenvalue weighted by Gasteiger charge is 2.35. The average Bonchev–Trinajstić information content (AvgIpc) is 3.36. The fourth-order valence-electron chi connectivity index (χ4n) is 4.64. The van der Waals surface area contributed by atoms with Gasteiger partial charge in [-0.15, -0.1) is 0 Å². The predicted molar refractivity (Wildman–Crippen MR) is 114 cm³/mol. The second-order valence-corrected chi connectivity index (χ2v) is 9.28. The number of carbonyl (C=O) groups is 1. The van der Waals surface area contributed by atoms with Crippen LogP contribution in [0.2, 0.25) is 0 Å². The van der Waals surface area contributed by atoms with Crippen LogP contribution >= 0.6 is 0 Å². The molecule has 3 aliphatic rings. The van der Waals surface area contributed by atoms with Crippen molar-refractivity contribution in [1.29, 1.82) is 0 Å². The van der Waals surface area contributed by atoms with Gasteiger partial charge in [0.05, 0.1) is 18.2 Å². The minimum atomic E-state index is -4.46. The molecule has 0 aliphatic carbocycles. The molecule has 35 heavy (non-hydrogen) atoms. The summed E-state index contributed by atoms with van der Waals surface area (Å²) < 4.78 is 78.6. The van der Waals surface area contributed by atoms with E-state index in [4.69, 9.17) is 9.47 Å². The van der Waals surface area contributed by atoms with Crippen molar-refractivity contribution in [2.24, 2.45) is 0 Å². The van der Waals surface area contributed by atoms with Gasteiger partial charge in [0.25, 0.3) is 11.8 Å². The van der Waals surface area contributed by atoms with Crippen LogP contribution < -0.4 is 14.8 Å². The normalized spacial score (nSPS) is 23.7. The second kappa shape index (κ2) is 8.96. The lowest BCUT2D eigenvalue weighted by Crippen LogP contribution is -2.43. The third-order valence-electron chi connectivity index (χ3n) is 6.62. The molecule has 1 saturated heterocycles. The van der Waals surface area contributed by atoms with Crippen molar-refractivity contribution in [2.75, 3.05) is 26.2 Å². The zero-order valence-corrected chi connectivity index (χ0v) is 18.8. The maximum atomic E-state index is 13.3. The summed E-state index contributed by atoms with van der Waals surface area (Å²) in [6.45, 7) is 1.96. The van der Waals surface area contributed by atoms with E-state index in [9.17, 15) is 26.7 Å². The van der Waals surface area contributed by atoms with Gasteiger partial charge in [-0.3, -0.25) is 4.79 Å². The highest BCUT2D eigenvalue weighted by atomic mass is 19.4. The molecule has 7 nitrogen and oxygen atoms in total. The molecule has 0 saturated carbocycles. The molecule has 1 amide bonds. The number of fused-ring (bicyclic) bond motifs is 2. The van der Waals surface area contributed by atoms with Gasteiger partial charge in [0.2, 0.25) is 5.88 Å². The fourth-order valence-corrected chi connectivity index (χ4v) is 4.64. The van der Waals surface area contributed by atoms with Gasteiger partial charge in [-0.25, -0.2) is 13.5 Å². The molecule has 190 valence electrons. The van der Waals surface area contributed by atoms with E-state index in [1.807, 2.05) is 4.90 Å². The van der Waals surface area contributed by atoms with E-state index >= 15 is 0 Å². The van der Waals surface area contributed by atoms with Gasteiger partial charge >= 0.3 is 6.18 Å². The first-order valence-electron chi connectivity index (χ1n) is 11.5. The summed E-state index contributed by atoms with van der Waals surface area (Å²) in [5.74, 6) is -2.21. The Morgan fingerprint density at radius 3 is 2.69 bits per heavy atom. The number of hydrogen-bond donors (Lipinski definition) is 1. The summed E-state index contributed by atoms with van der Waals surface area (Å²) >= 11 is 0. The molecule has 0 radical (unpaired) electrons. The molecule has 5 rings (SSSR count). The first-order chi connectivity index (χ1) is 16.6. The third-order valence-corrected chi connectivity index (χ3v) is 6.62. The molecule has 12 heteroatoms. The number of amides is 1. The van der Waals surface area contributed by atoms with Gasteiger partial charge in [0, 0.05) is 38.5 Å².